The summed E-state index contributed by atoms with van der Waals surface area (Å²) in [5.41, 5.74) is 6.67. The van der Waals surface area contributed by atoms with E-state index in [2.05, 4.69) is 4.98 Å². The molecule has 0 radical (unpaired) electrons. The maximum absolute atomic E-state index is 5.79. The normalized spacial score (nSPS) is 13.5. The summed E-state index contributed by atoms with van der Waals surface area (Å²) < 4.78 is 11.1. The van der Waals surface area contributed by atoms with Crippen molar-refractivity contribution in [3.05, 3.63) is 23.9 Å². The Hall–Kier alpha value is -1.13. The van der Waals surface area contributed by atoms with Crippen LogP contribution in [0.15, 0.2) is 18.3 Å². The summed E-state index contributed by atoms with van der Waals surface area (Å²) in [6.07, 6.45) is 1.71. The first-order valence-electron chi connectivity index (χ1n) is 5.87. The van der Waals surface area contributed by atoms with E-state index in [0.29, 0.717) is 19.1 Å². The molecule has 2 N–H and O–H groups in total. The van der Waals surface area contributed by atoms with Crippen molar-refractivity contribution in [2.45, 2.75) is 39.3 Å². The van der Waals surface area contributed by atoms with Gasteiger partial charge in [-0.2, -0.15) is 0 Å². The van der Waals surface area contributed by atoms with Gasteiger partial charge in [-0.15, -0.1) is 0 Å². The molecule has 0 aromatic carbocycles. The van der Waals surface area contributed by atoms with Crippen molar-refractivity contribution in [2.24, 2.45) is 5.73 Å². The summed E-state index contributed by atoms with van der Waals surface area (Å²) in [4.78, 5) is 4.12. The number of rotatable bonds is 5. The van der Waals surface area contributed by atoms with Crippen LogP contribution in [-0.4, -0.2) is 23.8 Å². The Morgan fingerprint density at radius 1 is 1.35 bits per heavy atom. The first-order valence-corrected chi connectivity index (χ1v) is 5.87. The first kappa shape index (κ1) is 13.9. The molecule has 17 heavy (non-hydrogen) atoms. The van der Waals surface area contributed by atoms with Gasteiger partial charge in [0, 0.05) is 18.3 Å². The molecule has 0 bridgehead atoms. The Labute approximate surface area is 103 Å². The molecular weight excluding hydrogens is 216 g/mol. The Morgan fingerprint density at radius 3 is 2.65 bits per heavy atom. The molecule has 0 amide bonds. The fraction of sp³-hybridized carbons (Fsp3) is 0.615. The van der Waals surface area contributed by atoms with E-state index in [-0.39, 0.29) is 11.6 Å². The Morgan fingerprint density at radius 2 is 2.06 bits per heavy atom. The number of nitrogens with two attached hydrogens (primary N) is 1. The van der Waals surface area contributed by atoms with Gasteiger partial charge in [-0.3, -0.25) is 0 Å². The van der Waals surface area contributed by atoms with Crippen molar-refractivity contribution >= 4 is 0 Å². The zero-order chi connectivity index (χ0) is 12.9. The lowest BCUT2D eigenvalue weighted by Gasteiger charge is -2.19. The molecule has 1 unspecified atom stereocenters. The molecule has 4 heteroatoms. The molecule has 0 aliphatic carbocycles. The van der Waals surface area contributed by atoms with Gasteiger partial charge in [0.1, 0.15) is 6.61 Å². The Balaban J connectivity index is 2.39. The van der Waals surface area contributed by atoms with E-state index in [0.717, 1.165) is 5.56 Å². The van der Waals surface area contributed by atoms with Crippen LogP contribution in [0.3, 0.4) is 0 Å². The van der Waals surface area contributed by atoms with E-state index in [4.69, 9.17) is 15.2 Å². The van der Waals surface area contributed by atoms with Gasteiger partial charge in [0.15, 0.2) is 0 Å². The van der Waals surface area contributed by atoms with Crippen LogP contribution in [-0.2, 0) is 4.74 Å². The maximum Gasteiger partial charge on any atom is 0.213 e. The minimum Gasteiger partial charge on any atom is -0.475 e. The van der Waals surface area contributed by atoms with Crippen LogP contribution in [0.5, 0.6) is 5.88 Å². The minimum atomic E-state index is -0.135. The summed E-state index contributed by atoms with van der Waals surface area (Å²) in [6.45, 7) is 9.02. The summed E-state index contributed by atoms with van der Waals surface area (Å²) in [7, 11) is 0. The van der Waals surface area contributed by atoms with Crippen LogP contribution in [0.1, 0.15) is 39.3 Å². The molecule has 1 aromatic rings. The summed E-state index contributed by atoms with van der Waals surface area (Å²) in [5, 5.41) is 0. The molecule has 0 fully saturated rings. The number of hydrogen-bond acceptors (Lipinski definition) is 4. The fourth-order valence-electron chi connectivity index (χ4n) is 1.28. The van der Waals surface area contributed by atoms with Gasteiger partial charge in [-0.25, -0.2) is 4.98 Å². The van der Waals surface area contributed by atoms with Crippen molar-refractivity contribution in [3.8, 4) is 5.88 Å². The van der Waals surface area contributed by atoms with Gasteiger partial charge >= 0.3 is 0 Å². The highest BCUT2D eigenvalue weighted by Gasteiger charge is 2.09. The van der Waals surface area contributed by atoms with Crippen LogP contribution in [0.2, 0.25) is 0 Å². The standard InChI is InChI=1S/C13H22N2O2/c1-10(14)11-5-6-15-12(9-11)16-7-8-17-13(2,3)4/h5-6,9-10H,7-8,14H2,1-4H3. The van der Waals surface area contributed by atoms with E-state index in [1.54, 1.807) is 6.20 Å². The van der Waals surface area contributed by atoms with Crippen LogP contribution in [0.4, 0.5) is 0 Å². The molecule has 0 aliphatic rings. The van der Waals surface area contributed by atoms with Crippen LogP contribution >= 0.6 is 0 Å². The molecular formula is C13H22N2O2. The van der Waals surface area contributed by atoms with Crippen LogP contribution < -0.4 is 10.5 Å². The summed E-state index contributed by atoms with van der Waals surface area (Å²) in [5.74, 6) is 0.595. The highest BCUT2D eigenvalue weighted by molar-refractivity contribution is 5.22. The number of aromatic nitrogens is 1. The second-order valence-corrected chi connectivity index (χ2v) is 5.03. The van der Waals surface area contributed by atoms with Crippen molar-refractivity contribution in [3.63, 3.8) is 0 Å². The van der Waals surface area contributed by atoms with Gasteiger partial charge in [-0.05, 0) is 39.3 Å². The number of ether oxygens (including phenoxy) is 2. The molecule has 4 nitrogen and oxygen atoms in total. The van der Waals surface area contributed by atoms with Gasteiger partial charge in [0.2, 0.25) is 5.88 Å². The third kappa shape index (κ3) is 5.65. The molecule has 0 saturated carbocycles. The molecule has 1 aromatic heterocycles. The molecule has 0 spiro atoms. The third-order valence-corrected chi connectivity index (χ3v) is 2.15. The van der Waals surface area contributed by atoms with Gasteiger partial charge in [0.25, 0.3) is 0 Å². The van der Waals surface area contributed by atoms with E-state index in [1.807, 2.05) is 39.8 Å². The highest BCUT2D eigenvalue weighted by atomic mass is 16.5. The summed E-state index contributed by atoms with van der Waals surface area (Å²) in [6, 6.07) is 3.75. The third-order valence-electron chi connectivity index (χ3n) is 2.15. The average molecular weight is 238 g/mol. The lowest BCUT2D eigenvalue weighted by Crippen LogP contribution is -2.22. The smallest absolute Gasteiger partial charge is 0.213 e. The SMILES string of the molecule is CC(N)c1ccnc(OCCOC(C)(C)C)c1. The molecule has 0 saturated heterocycles. The summed E-state index contributed by atoms with van der Waals surface area (Å²) >= 11 is 0. The van der Waals surface area contributed by atoms with Crippen molar-refractivity contribution in [1.29, 1.82) is 0 Å². The van der Waals surface area contributed by atoms with Crippen LogP contribution in [0.25, 0.3) is 0 Å². The molecule has 1 atom stereocenters. The average Bonchev–Trinajstić information content (AvgIpc) is 2.23. The zero-order valence-electron chi connectivity index (χ0n) is 11.1. The van der Waals surface area contributed by atoms with E-state index >= 15 is 0 Å². The second kappa shape index (κ2) is 5.98. The predicted molar refractivity (Wildman–Crippen MR) is 68.0 cm³/mol. The van der Waals surface area contributed by atoms with Crippen LogP contribution in [0, 0.1) is 0 Å². The monoisotopic (exact) mass is 238 g/mol. The Kier molecular flexibility index (Phi) is 4.90. The van der Waals surface area contributed by atoms with E-state index in [9.17, 15) is 0 Å². The van der Waals surface area contributed by atoms with E-state index in [1.165, 1.54) is 0 Å². The largest absolute Gasteiger partial charge is 0.475 e. The van der Waals surface area contributed by atoms with Gasteiger partial charge in [-0.1, -0.05) is 0 Å². The lowest BCUT2D eigenvalue weighted by atomic mass is 10.1. The number of nitrogens with zero attached hydrogens (tertiary/aromatic N) is 1. The van der Waals surface area contributed by atoms with E-state index < -0.39 is 0 Å². The van der Waals surface area contributed by atoms with Crippen molar-refractivity contribution in [2.75, 3.05) is 13.2 Å². The fourth-order valence-corrected chi connectivity index (χ4v) is 1.28. The minimum absolute atomic E-state index is 0.00817. The second-order valence-electron chi connectivity index (χ2n) is 5.03. The highest BCUT2D eigenvalue weighted by Crippen LogP contribution is 2.14. The number of hydrogen-bond donors (Lipinski definition) is 1. The van der Waals surface area contributed by atoms with Crippen molar-refractivity contribution < 1.29 is 9.47 Å². The van der Waals surface area contributed by atoms with Crippen molar-refractivity contribution in [1.82, 2.24) is 4.98 Å². The van der Waals surface area contributed by atoms with Gasteiger partial charge < -0.3 is 15.2 Å². The number of pyridine rings is 1. The topological polar surface area (TPSA) is 57.4 Å². The Bertz CT molecular complexity index is 346. The maximum atomic E-state index is 5.79. The molecule has 0 aliphatic heterocycles. The lowest BCUT2D eigenvalue weighted by molar-refractivity contribution is -0.0168. The molecule has 1 heterocycles. The zero-order valence-corrected chi connectivity index (χ0v) is 11.1. The predicted octanol–water partition coefficient (Wildman–Crippen LogP) is 2.30. The molecule has 96 valence electrons. The van der Waals surface area contributed by atoms with Gasteiger partial charge in [0.05, 0.1) is 12.2 Å². The quantitative estimate of drug-likeness (QED) is 0.800. The molecule has 1 rings (SSSR count). The first-order chi connectivity index (χ1) is 7.88.